The van der Waals surface area contributed by atoms with Crippen LogP contribution in [0.3, 0.4) is 0 Å². The van der Waals surface area contributed by atoms with Crippen LogP contribution in [0.1, 0.15) is 55.7 Å². The molecule has 0 saturated heterocycles. The lowest BCUT2D eigenvalue weighted by atomic mass is 10.1. The van der Waals surface area contributed by atoms with Crippen molar-refractivity contribution in [3.05, 3.63) is 41.6 Å². The molecule has 21 heavy (non-hydrogen) atoms. The van der Waals surface area contributed by atoms with Crippen molar-refractivity contribution in [3.8, 4) is 11.4 Å². The summed E-state index contributed by atoms with van der Waals surface area (Å²) >= 11 is 0. The highest BCUT2D eigenvalue weighted by Crippen LogP contribution is 2.42. The van der Waals surface area contributed by atoms with Gasteiger partial charge in [0.1, 0.15) is 5.82 Å². The molecule has 2 aliphatic carbocycles. The molecule has 0 unspecified atom stereocenters. The van der Waals surface area contributed by atoms with Crippen LogP contribution in [0.4, 0.5) is 5.82 Å². The minimum absolute atomic E-state index is 0.649. The van der Waals surface area contributed by atoms with Gasteiger partial charge in [-0.05, 0) is 50.2 Å². The SMILES string of the molecule is CCNc1cc(C2CC2)nc(-c2cccc(C3CC3)c2)n1. The number of rotatable bonds is 5. The second-order valence-corrected chi connectivity index (χ2v) is 6.21. The van der Waals surface area contributed by atoms with E-state index < -0.39 is 0 Å². The fourth-order valence-corrected chi connectivity index (χ4v) is 2.80. The molecule has 4 rings (SSSR count). The topological polar surface area (TPSA) is 37.8 Å². The summed E-state index contributed by atoms with van der Waals surface area (Å²) in [6.45, 7) is 3.00. The van der Waals surface area contributed by atoms with Crippen LogP contribution < -0.4 is 5.32 Å². The molecule has 2 fully saturated rings. The Bertz CT molecular complexity index is 657. The van der Waals surface area contributed by atoms with E-state index in [0.29, 0.717) is 5.92 Å². The molecule has 3 nitrogen and oxygen atoms in total. The van der Waals surface area contributed by atoms with Gasteiger partial charge in [0.25, 0.3) is 0 Å². The van der Waals surface area contributed by atoms with Gasteiger partial charge in [-0.1, -0.05) is 18.2 Å². The quantitative estimate of drug-likeness (QED) is 0.885. The minimum atomic E-state index is 0.649. The number of nitrogens with one attached hydrogen (secondary N) is 1. The van der Waals surface area contributed by atoms with E-state index in [9.17, 15) is 0 Å². The minimum Gasteiger partial charge on any atom is -0.370 e. The largest absolute Gasteiger partial charge is 0.370 e. The van der Waals surface area contributed by atoms with Crippen LogP contribution in [0.5, 0.6) is 0 Å². The Balaban J connectivity index is 1.73. The molecular weight excluding hydrogens is 258 g/mol. The van der Waals surface area contributed by atoms with E-state index in [-0.39, 0.29) is 0 Å². The molecular formula is C18H21N3. The van der Waals surface area contributed by atoms with E-state index in [1.54, 1.807) is 0 Å². The highest BCUT2D eigenvalue weighted by atomic mass is 15.0. The van der Waals surface area contributed by atoms with Gasteiger partial charge >= 0.3 is 0 Å². The van der Waals surface area contributed by atoms with Gasteiger partial charge in [0.05, 0.1) is 0 Å². The second-order valence-electron chi connectivity index (χ2n) is 6.21. The average Bonchev–Trinajstić information content (AvgIpc) is 3.41. The van der Waals surface area contributed by atoms with Gasteiger partial charge < -0.3 is 5.32 Å². The molecule has 2 aromatic rings. The van der Waals surface area contributed by atoms with Crippen molar-refractivity contribution in [2.75, 3.05) is 11.9 Å². The summed E-state index contributed by atoms with van der Waals surface area (Å²) in [5.41, 5.74) is 3.80. The molecule has 0 spiro atoms. The third-order valence-corrected chi connectivity index (χ3v) is 4.29. The van der Waals surface area contributed by atoms with Gasteiger partial charge in [-0.15, -0.1) is 0 Å². The first-order chi connectivity index (χ1) is 10.3. The van der Waals surface area contributed by atoms with Crippen LogP contribution in [0.2, 0.25) is 0 Å². The molecule has 1 heterocycles. The van der Waals surface area contributed by atoms with Crippen molar-refractivity contribution in [3.63, 3.8) is 0 Å². The zero-order valence-electron chi connectivity index (χ0n) is 12.5. The summed E-state index contributed by atoms with van der Waals surface area (Å²) in [6.07, 6.45) is 5.19. The molecule has 1 aromatic carbocycles. The maximum Gasteiger partial charge on any atom is 0.161 e. The normalized spacial score (nSPS) is 17.8. The summed E-state index contributed by atoms with van der Waals surface area (Å²) in [6, 6.07) is 10.9. The lowest BCUT2D eigenvalue weighted by Gasteiger charge is -2.09. The summed E-state index contributed by atoms with van der Waals surface area (Å²) in [5, 5.41) is 3.34. The summed E-state index contributed by atoms with van der Waals surface area (Å²) in [7, 11) is 0. The average molecular weight is 279 g/mol. The molecule has 2 saturated carbocycles. The molecule has 108 valence electrons. The van der Waals surface area contributed by atoms with Crippen LogP contribution in [0, 0.1) is 0 Å². The Morgan fingerprint density at radius 1 is 1.05 bits per heavy atom. The number of nitrogens with zero attached hydrogens (tertiary/aromatic N) is 2. The van der Waals surface area contributed by atoms with Crippen molar-refractivity contribution in [1.82, 2.24) is 9.97 Å². The van der Waals surface area contributed by atoms with Gasteiger partial charge in [0, 0.05) is 29.8 Å². The monoisotopic (exact) mass is 279 g/mol. The zero-order valence-corrected chi connectivity index (χ0v) is 12.5. The van der Waals surface area contributed by atoms with E-state index >= 15 is 0 Å². The van der Waals surface area contributed by atoms with Crippen molar-refractivity contribution in [1.29, 1.82) is 0 Å². The third-order valence-electron chi connectivity index (χ3n) is 4.29. The Morgan fingerprint density at radius 3 is 2.57 bits per heavy atom. The molecule has 2 aliphatic rings. The zero-order chi connectivity index (χ0) is 14.2. The third kappa shape index (κ3) is 2.78. The second kappa shape index (κ2) is 5.14. The predicted molar refractivity (Wildman–Crippen MR) is 85.6 cm³/mol. The van der Waals surface area contributed by atoms with Crippen molar-refractivity contribution in [2.24, 2.45) is 0 Å². The first kappa shape index (κ1) is 12.8. The Hall–Kier alpha value is -1.90. The standard InChI is InChI=1S/C18H21N3/c1-2-19-17-11-16(13-8-9-13)20-18(21-17)15-5-3-4-14(10-15)12-6-7-12/h3-5,10-13H,2,6-9H2,1H3,(H,19,20,21). The first-order valence-electron chi connectivity index (χ1n) is 8.06. The molecule has 0 aliphatic heterocycles. The number of benzene rings is 1. The highest BCUT2D eigenvalue weighted by molar-refractivity contribution is 5.59. The summed E-state index contributed by atoms with van der Waals surface area (Å²) in [5.74, 6) is 3.25. The Kier molecular flexibility index (Phi) is 3.13. The van der Waals surface area contributed by atoms with E-state index in [1.165, 1.54) is 36.9 Å². The summed E-state index contributed by atoms with van der Waals surface area (Å²) in [4.78, 5) is 9.52. The molecule has 0 radical (unpaired) electrons. The van der Waals surface area contributed by atoms with Gasteiger partial charge in [-0.2, -0.15) is 0 Å². The number of hydrogen-bond acceptors (Lipinski definition) is 3. The van der Waals surface area contributed by atoms with E-state index in [2.05, 4.69) is 42.6 Å². The maximum atomic E-state index is 4.82. The Morgan fingerprint density at radius 2 is 1.86 bits per heavy atom. The van der Waals surface area contributed by atoms with Crippen LogP contribution in [-0.2, 0) is 0 Å². The summed E-state index contributed by atoms with van der Waals surface area (Å²) < 4.78 is 0. The van der Waals surface area contributed by atoms with E-state index in [4.69, 9.17) is 9.97 Å². The van der Waals surface area contributed by atoms with Crippen molar-refractivity contribution >= 4 is 5.82 Å². The van der Waals surface area contributed by atoms with Crippen LogP contribution in [-0.4, -0.2) is 16.5 Å². The Labute approximate surface area is 125 Å². The van der Waals surface area contributed by atoms with Gasteiger partial charge in [-0.3, -0.25) is 0 Å². The first-order valence-corrected chi connectivity index (χ1v) is 8.06. The van der Waals surface area contributed by atoms with Crippen LogP contribution in [0.25, 0.3) is 11.4 Å². The highest BCUT2D eigenvalue weighted by Gasteiger charge is 2.27. The molecule has 0 bridgehead atoms. The fourth-order valence-electron chi connectivity index (χ4n) is 2.80. The van der Waals surface area contributed by atoms with E-state index in [0.717, 1.165) is 29.7 Å². The fraction of sp³-hybridized carbons (Fsp3) is 0.444. The van der Waals surface area contributed by atoms with Crippen molar-refractivity contribution in [2.45, 2.75) is 44.4 Å². The van der Waals surface area contributed by atoms with Gasteiger partial charge in [0.2, 0.25) is 0 Å². The maximum absolute atomic E-state index is 4.82. The van der Waals surface area contributed by atoms with Gasteiger partial charge in [0.15, 0.2) is 5.82 Å². The van der Waals surface area contributed by atoms with Crippen molar-refractivity contribution < 1.29 is 0 Å². The van der Waals surface area contributed by atoms with Crippen LogP contribution in [0.15, 0.2) is 30.3 Å². The molecule has 3 heteroatoms. The number of hydrogen-bond donors (Lipinski definition) is 1. The smallest absolute Gasteiger partial charge is 0.161 e. The molecule has 0 amide bonds. The number of aromatic nitrogens is 2. The molecule has 1 N–H and O–H groups in total. The van der Waals surface area contributed by atoms with Gasteiger partial charge in [-0.25, -0.2) is 9.97 Å². The predicted octanol–water partition coefficient (Wildman–Crippen LogP) is 4.33. The number of anilines is 1. The lowest BCUT2D eigenvalue weighted by Crippen LogP contribution is -2.03. The molecule has 1 aromatic heterocycles. The van der Waals surface area contributed by atoms with E-state index in [1.807, 2.05) is 0 Å². The lowest BCUT2D eigenvalue weighted by molar-refractivity contribution is 0.987. The van der Waals surface area contributed by atoms with Crippen LogP contribution >= 0.6 is 0 Å². The molecule has 0 atom stereocenters.